The molecule has 0 aliphatic heterocycles. The molecule has 0 fully saturated rings. The highest BCUT2D eigenvalue weighted by Crippen LogP contribution is 2.35. The molecule has 0 saturated carbocycles. The fraction of sp³-hybridized carbons (Fsp3) is 0.0870. The molecule has 0 atom stereocenters. The maximum atomic E-state index is 12.8. The molecule has 0 saturated heterocycles. The van der Waals surface area contributed by atoms with E-state index < -0.39 is 12.5 Å². The van der Waals surface area contributed by atoms with Crippen LogP contribution < -0.4 is 14.8 Å². The van der Waals surface area contributed by atoms with Crippen LogP contribution in [0.1, 0.15) is 10.6 Å². The van der Waals surface area contributed by atoms with Gasteiger partial charge in [-0.25, -0.2) is 0 Å². The van der Waals surface area contributed by atoms with Crippen molar-refractivity contribution in [2.24, 2.45) is 0 Å². The van der Waals surface area contributed by atoms with Crippen molar-refractivity contribution in [3.05, 3.63) is 78.6 Å². The van der Waals surface area contributed by atoms with Crippen LogP contribution in [0, 0.1) is 0 Å². The molecule has 0 aliphatic carbocycles. The number of furan rings is 1. The van der Waals surface area contributed by atoms with Crippen molar-refractivity contribution < 1.29 is 27.5 Å². The Kier molecular flexibility index (Phi) is 5.34. The predicted molar refractivity (Wildman–Crippen MR) is 109 cm³/mol. The highest BCUT2D eigenvalue weighted by Gasteiger charge is 2.16. The van der Waals surface area contributed by atoms with Crippen LogP contribution in [0.3, 0.4) is 0 Å². The quantitative estimate of drug-likeness (QED) is 0.427. The van der Waals surface area contributed by atoms with E-state index in [1.807, 2.05) is 18.2 Å². The summed E-state index contributed by atoms with van der Waals surface area (Å²) in [5, 5.41) is 3.54. The Morgan fingerprint density at radius 1 is 1.00 bits per heavy atom. The Labute approximate surface area is 170 Å². The van der Waals surface area contributed by atoms with E-state index in [0.29, 0.717) is 28.1 Å². The van der Waals surface area contributed by atoms with Crippen molar-refractivity contribution in [3.63, 3.8) is 0 Å². The van der Waals surface area contributed by atoms with Gasteiger partial charge in [-0.15, -0.1) is 0 Å². The van der Waals surface area contributed by atoms with Gasteiger partial charge < -0.3 is 19.2 Å². The van der Waals surface area contributed by atoms with Gasteiger partial charge in [0.1, 0.15) is 17.1 Å². The van der Waals surface area contributed by atoms with Crippen LogP contribution in [0.15, 0.2) is 77.2 Å². The zero-order valence-electron chi connectivity index (χ0n) is 15.9. The maximum absolute atomic E-state index is 12.8. The van der Waals surface area contributed by atoms with Gasteiger partial charge in [0.25, 0.3) is 5.91 Å². The molecule has 0 unspecified atom stereocenters. The molecule has 152 valence electrons. The molecule has 0 bridgehead atoms. The molecule has 0 spiro atoms. The van der Waals surface area contributed by atoms with Gasteiger partial charge in [-0.1, -0.05) is 30.3 Å². The molecule has 4 aromatic rings. The SMILES string of the molecule is COc1ccc(-c2cc(NC(=O)c3cc4ccccc4o3)ccc2OC(F)F)cc1. The molecule has 7 heteroatoms. The highest BCUT2D eigenvalue weighted by molar-refractivity contribution is 6.05. The van der Waals surface area contributed by atoms with Crippen LogP contribution in [0.4, 0.5) is 14.5 Å². The van der Waals surface area contributed by atoms with Gasteiger partial charge in [-0.05, 0) is 48.0 Å². The molecule has 0 radical (unpaired) electrons. The Morgan fingerprint density at radius 3 is 2.47 bits per heavy atom. The monoisotopic (exact) mass is 409 g/mol. The van der Waals surface area contributed by atoms with Crippen LogP contribution >= 0.6 is 0 Å². The van der Waals surface area contributed by atoms with E-state index >= 15 is 0 Å². The second-order valence-corrected chi connectivity index (χ2v) is 6.42. The van der Waals surface area contributed by atoms with E-state index in [1.165, 1.54) is 19.2 Å². The van der Waals surface area contributed by atoms with Gasteiger partial charge in [-0.2, -0.15) is 8.78 Å². The number of nitrogens with one attached hydrogen (secondary N) is 1. The second-order valence-electron chi connectivity index (χ2n) is 6.42. The predicted octanol–water partition coefficient (Wildman–Crippen LogP) is 5.96. The highest BCUT2D eigenvalue weighted by atomic mass is 19.3. The number of carbonyl (C=O) groups excluding carboxylic acids is 1. The van der Waals surface area contributed by atoms with Crippen LogP contribution in [-0.2, 0) is 0 Å². The minimum Gasteiger partial charge on any atom is -0.497 e. The summed E-state index contributed by atoms with van der Waals surface area (Å²) in [4.78, 5) is 12.6. The molecule has 5 nitrogen and oxygen atoms in total. The van der Waals surface area contributed by atoms with Gasteiger partial charge in [0.2, 0.25) is 0 Å². The van der Waals surface area contributed by atoms with E-state index in [0.717, 1.165) is 5.39 Å². The Balaban J connectivity index is 1.65. The summed E-state index contributed by atoms with van der Waals surface area (Å²) in [7, 11) is 1.54. The number of para-hydroxylation sites is 1. The van der Waals surface area contributed by atoms with E-state index in [-0.39, 0.29) is 11.5 Å². The topological polar surface area (TPSA) is 60.7 Å². The maximum Gasteiger partial charge on any atom is 0.387 e. The number of rotatable bonds is 6. The Hall–Kier alpha value is -3.87. The third-order valence-electron chi connectivity index (χ3n) is 4.50. The summed E-state index contributed by atoms with van der Waals surface area (Å²) < 4.78 is 41.0. The smallest absolute Gasteiger partial charge is 0.387 e. The van der Waals surface area contributed by atoms with Crippen LogP contribution in [-0.4, -0.2) is 19.6 Å². The minimum atomic E-state index is -2.97. The van der Waals surface area contributed by atoms with Gasteiger partial charge in [-0.3, -0.25) is 4.79 Å². The van der Waals surface area contributed by atoms with Crippen molar-refractivity contribution >= 4 is 22.6 Å². The summed E-state index contributed by atoms with van der Waals surface area (Å²) in [6.07, 6.45) is 0. The number of amides is 1. The van der Waals surface area contributed by atoms with E-state index in [4.69, 9.17) is 9.15 Å². The summed E-state index contributed by atoms with van der Waals surface area (Å²) in [6, 6.07) is 20.2. The third kappa shape index (κ3) is 4.10. The number of hydrogen-bond donors (Lipinski definition) is 1. The third-order valence-corrected chi connectivity index (χ3v) is 4.50. The van der Waals surface area contributed by atoms with Gasteiger partial charge in [0, 0.05) is 16.6 Å². The molecular weight excluding hydrogens is 392 g/mol. The first-order chi connectivity index (χ1) is 14.5. The van der Waals surface area contributed by atoms with Crippen molar-refractivity contribution in [1.82, 2.24) is 0 Å². The van der Waals surface area contributed by atoms with Gasteiger partial charge in [0.05, 0.1) is 7.11 Å². The number of hydrogen-bond acceptors (Lipinski definition) is 4. The van der Waals surface area contributed by atoms with Crippen molar-refractivity contribution in [2.45, 2.75) is 6.61 Å². The van der Waals surface area contributed by atoms with Crippen molar-refractivity contribution in [3.8, 4) is 22.6 Å². The molecule has 4 rings (SSSR count). The number of benzene rings is 3. The van der Waals surface area contributed by atoms with E-state index in [9.17, 15) is 13.6 Å². The number of methoxy groups -OCH3 is 1. The normalized spacial score (nSPS) is 10.9. The molecular formula is C23H17F2NO4. The zero-order valence-corrected chi connectivity index (χ0v) is 15.9. The lowest BCUT2D eigenvalue weighted by Gasteiger charge is -2.13. The first kappa shape index (κ1) is 19.4. The lowest BCUT2D eigenvalue weighted by atomic mass is 10.0. The first-order valence-electron chi connectivity index (χ1n) is 9.07. The Bertz CT molecular complexity index is 1150. The van der Waals surface area contributed by atoms with Crippen molar-refractivity contribution in [1.29, 1.82) is 0 Å². The summed E-state index contributed by atoms with van der Waals surface area (Å²) in [5.74, 6) is 0.325. The Morgan fingerprint density at radius 2 is 1.77 bits per heavy atom. The lowest BCUT2D eigenvalue weighted by Crippen LogP contribution is -2.11. The van der Waals surface area contributed by atoms with Crippen LogP contribution in [0.25, 0.3) is 22.1 Å². The minimum absolute atomic E-state index is 0.00287. The fourth-order valence-electron chi connectivity index (χ4n) is 3.09. The molecule has 1 N–H and O–H groups in total. The number of carbonyl (C=O) groups is 1. The lowest BCUT2D eigenvalue weighted by molar-refractivity contribution is -0.0494. The molecule has 1 heterocycles. The van der Waals surface area contributed by atoms with E-state index in [2.05, 4.69) is 10.1 Å². The number of fused-ring (bicyclic) bond motifs is 1. The average Bonchev–Trinajstić information content (AvgIpc) is 3.19. The molecule has 30 heavy (non-hydrogen) atoms. The number of alkyl halides is 2. The second kappa shape index (κ2) is 8.24. The molecule has 0 aliphatic rings. The molecule has 1 aromatic heterocycles. The van der Waals surface area contributed by atoms with Crippen LogP contribution in [0.5, 0.6) is 11.5 Å². The summed E-state index contributed by atoms with van der Waals surface area (Å²) in [5.41, 5.74) is 2.04. The largest absolute Gasteiger partial charge is 0.497 e. The molecule has 1 amide bonds. The summed E-state index contributed by atoms with van der Waals surface area (Å²) >= 11 is 0. The van der Waals surface area contributed by atoms with Crippen LogP contribution in [0.2, 0.25) is 0 Å². The summed E-state index contributed by atoms with van der Waals surface area (Å²) in [6.45, 7) is -2.97. The first-order valence-corrected chi connectivity index (χ1v) is 9.07. The van der Waals surface area contributed by atoms with Gasteiger partial charge in [0.15, 0.2) is 5.76 Å². The standard InChI is InChI=1S/C23H17F2NO4/c1-28-17-9-6-14(7-10-17)18-13-16(8-11-20(18)30-23(24)25)26-22(27)21-12-15-4-2-3-5-19(15)29-21/h2-13,23H,1H3,(H,26,27). The fourth-order valence-corrected chi connectivity index (χ4v) is 3.09. The average molecular weight is 409 g/mol. The zero-order chi connectivity index (χ0) is 21.1. The number of halogens is 2. The molecule has 3 aromatic carbocycles. The number of anilines is 1. The van der Waals surface area contributed by atoms with E-state index in [1.54, 1.807) is 42.5 Å². The van der Waals surface area contributed by atoms with Crippen molar-refractivity contribution in [2.75, 3.05) is 12.4 Å². The number of ether oxygens (including phenoxy) is 2. The van der Waals surface area contributed by atoms with Gasteiger partial charge >= 0.3 is 6.61 Å².